The van der Waals surface area contributed by atoms with Crippen molar-refractivity contribution in [3.8, 4) is 22.5 Å². The maximum absolute atomic E-state index is 12.3. The van der Waals surface area contributed by atoms with Crippen LogP contribution in [0.15, 0.2) is 60.7 Å². The molecule has 0 radical (unpaired) electrons. The lowest BCUT2D eigenvalue weighted by Gasteiger charge is -2.35. The quantitative estimate of drug-likeness (QED) is 0.0533. The highest BCUT2D eigenvalue weighted by atomic mass is 16.7. The van der Waals surface area contributed by atoms with Gasteiger partial charge in [0.15, 0.2) is 0 Å². The van der Waals surface area contributed by atoms with Crippen molar-refractivity contribution in [2.45, 2.75) is 127 Å². The van der Waals surface area contributed by atoms with Crippen LogP contribution in [0.3, 0.4) is 0 Å². The topological polar surface area (TPSA) is 105 Å². The molecule has 9 nitrogen and oxygen atoms in total. The summed E-state index contributed by atoms with van der Waals surface area (Å²) in [6, 6.07) is 20.6. The number of carbonyl (C=O) groups excluding carboxylic acids is 1. The summed E-state index contributed by atoms with van der Waals surface area (Å²) < 4.78 is 11.5. The fourth-order valence-corrected chi connectivity index (χ4v) is 7.87. The van der Waals surface area contributed by atoms with Crippen LogP contribution in [0.5, 0.6) is 0 Å². The Labute approximate surface area is 342 Å². The molecule has 2 aromatic carbocycles. The van der Waals surface area contributed by atoms with Gasteiger partial charge in [-0.2, -0.15) is 0 Å². The SMILES string of the molecule is CCCN(CCC)C(c1cccc(-c2c(C)cc(C)cc2C)n1)C(OCC)OC(=O)CC(=O)O.CCCN(CCC)Cc1cccc(-c2c(C)cc(C)cc2C)n1. The first-order valence-electron chi connectivity index (χ1n) is 20.8. The van der Waals surface area contributed by atoms with Crippen LogP contribution in [0.1, 0.15) is 118 Å². The van der Waals surface area contributed by atoms with E-state index in [2.05, 4.69) is 122 Å². The lowest BCUT2D eigenvalue weighted by Crippen LogP contribution is -2.42. The fraction of sp³-hybridized carbons (Fsp3) is 0.500. The third kappa shape index (κ3) is 14.2. The van der Waals surface area contributed by atoms with E-state index in [4.69, 9.17) is 24.5 Å². The molecule has 0 spiro atoms. The molecule has 0 aliphatic carbocycles. The van der Waals surface area contributed by atoms with Crippen LogP contribution in [0.4, 0.5) is 0 Å². The number of aromatic nitrogens is 2. The largest absolute Gasteiger partial charge is 0.481 e. The van der Waals surface area contributed by atoms with Gasteiger partial charge in [0.05, 0.1) is 22.8 Å². The van der Waals surface area contributed by atoms with Gasteiger partial charge in [0, 0.05) is 24.3 Å². The predicted molar refractivity (Wildman–Crippen MR) is 232 cm³/mol. The van der Waals surface area contributed by atoms with E-state index < -0.39 is 30.7 Å². The van der Waals surface area contributed by atoms with E-state index in [1.54, 1.807) is 0 Å². The molecule has 2 unspecified atom stereocenters. The monoisotopic (exact) mass is 781 g/mol. The molecular formula is C48H68N4O5. The third-order valence-electron chi connectivity index (χ3n) is 9.76. The number of hydrogen-bond acceptors (Lipinski definition) is 8. The number of esters is 1. The summed E-state index contributed by atoms with van der Waals surface area (Å²) in [6.07, 6.45) is 2.49. The van der Waals surface area contributed by atoms with Gasteiger partial charge in [0.1, 0.15) is 12.5 Å². The number of nitrogens with zero attached hydrogens (tertiary/aromatic N) is 4. The smallest absolute Gasteiger partial charge is 0.319 e. The first kappa shape index (κ1) is 46.9. The molecule has 4 rings (SSSR count). The molecule has 57 heavy (non-hydrogen) atoms. The van der Waals surface area contributed by atoms with Crippen molar-refractivity contribution in [1.29, 1.82) is 0 Å². The number of pyridine rings is 2. The first-order valence-corrected chi connectivity index (χ1v) is 20.8. The Morgan fingerprint density at radius 2 is 1.14 bits per heavy atom. The maximum Gasteiger partial charge on any atom is 0.319 e. The minimum Gasteiger partial charge on any atom is -0.481 e. The molecule has 2 aromatic heterocycles. The van der Waals surface area contributed by atoms with Gasteiger partial charge >= 0.3 is 11.9 Å². The number of ether oxygens (including phenoxy) is 2. The van der Waals surface area contributed by atoms with Crippen LogP contribution in [-0.2, 0) is 25.6 Å². The number of hydrogen-bond donors (Lipinski definition) is 1. The molecule has 0 fully saturated rings. The van der Waals surface area contributed by atoms with Crippen molar-refractivity contribution in [3.63, 3.8) is 0 Å². The molecule has 0 aliphatic heterocycles. The summed E-state index contributed by atoms with van der Waals surface area (Å²) in [6.45, 7) is 28.3. The van der Waals surface area contributed by atoms with Gasteiger partial charge in [-0.3, -0.25) is 29.4 Å². The van der Waals surface area contributed by atoms with Crippen molar-refractivity contribution in [2.24, 2.45) is 0 Å². The van der Waals surface area contributed by atoms with Gasteiger partial charge in [0.2, 0.25) is 6.29 Å². The van der Waals surface area contributed by atoms with E-state index in [-0.39, 0.29) is 0 Å². The summed E-state index contributed by atoms with van der Waals surface area (Å²) in [5.41, 5.74) is 13.6. The minimum atomic E-state index is -1.23. The number of benzene rings is 2. The highest BCUT2D eigenvalue weighted by molar-refractivity contribution is 5.90. The number of carboxylic acids is 1. The zero-order chi connectivity index (χ0) is 42.1. The number of aryl methyl sites for hydroxylation is 6. The van der Waals surface area contributed by atoms with Gasteiger partial charge < -0.3 is 14.6 Å². The Morgan fingerprint density at radius 3 is 1.60 bits per heavy atom. The van der Waals surface area contributed by atoms with Crippen LogP contribution in [-0.4, -0.2) is 75.9 Å². The lowest BCUT2D eigenvalue weighted by atomic mass is 9.96. The molecule has 0 saturated carbocycles. The second-order valence-electron chi connectivity index (χ2n) is 15.2. The van der Waals surface area contributed by atoms with E-state index >= 15 is 0 Å². The molecule has 0 bridgehead atoms. The molecule has 2 heterocycles. The molecule has 0 amide bonds. The number of carbonyl (C=O) groups is 2. The number of aliphatic carboxylic acids is 1. The van der Waals surface area contributed by atoms with E-state index in [0.717, 1.165) is 79.3 Å². The van der Waals surface area contributed by atoms with Crippen molar-refractivity contribution < 1.29 is 24.2 Å². The van der Waals surface area contributed by atoms with Crippen LogP contribution >= 0.6 is 0 Å². The van der Waals surface area contributed by atoms with Crippen molar-refractivity contribution in [3.05, 3.63) is 105 Å². The molecule has 2 atom stereocenters. The molecular weight excluding hydrogens is 713 g/mol. The van der Waals surface area contributed by atoms with Gasteiger partial charge in [-0.15, -0.1) is 0 Å². The van der Waals surface area contributed by atoms with E-state index in [1.807, 2.05) is 25.1 Å². The zero-order valence-electron chi connectivity index (χ0n) is 36.6. The Morgan fingerprint density at radius 1 is 0.667 bits per heavy atom. The van der Waals surface area contributed by atoms with Gasteiger partial charge in [0.25, 0.3) is 0 Å². The second-order valence-corrected chi connectivity index (χ2v) is 15.2. The Balaban J connectivity index is 0.000000329. The molecule has 4 aromatic rings. The summed E-state index contributed by atoms with van der Waals surface area (Å²) in [7, 11) is 0. The Kier molecular flexibility index (Phi) is 19.5. The van der Waals surface area contributed by atoms with Crippen LogP contribution in [0.2, 0.25) is 0 Å². The number of carboxylic acid groups (broad SMARTS) is 1. The van der Waals surface area contributed by atoms with Crippen LogP contribution in [0, 0.1) is 41.5 Å². The normalized spacial score (nSPS) is 12.3. The van der Waals surface area contributed by atoms with Gasteiger partial charge in [-0.1, -0.05) is 75.2 Å². The Bertz CT molecular complexity index is 1830. The highest BCUT2D eigenvalue weighted by Crippen LogP contribution is 2.32. The van der Waals surface area contributed by atoms with Crippen molar-refractivity contribution >= 4 is 11.9 Å². The van der Waals surface area contributed by atoms with E-state index in [0.29, 0.717) is 6.61 Å². The van der Waals surface area contributed by atoms with E-state index in [1.165, 1.54) is 46.4 Å². The lowest BCUT2D eigenvalue weighted by molar-refractivity contribution is -0.196. The van der Waals surface area contributed by atoms with Crippen LogP contribution < -0.4 is 0 Å². The van der Waals surface area contributed by atoms with Gasteiger partial charge in [-0.05, 0) is 147 Å². The van der Waals surface area contributed by atoms with Crippen molar-refractivity contribution in [1.82, 2.24) is 19.8 Å². The standard InChI is InChI=1S/C27H38N2O5.C21H30N2/c1-7-13-29(14-8-2)26(27(33-9-3)34-24(32)17-23(30)31)22-12-10-11-21(28-22)25-19(5)15-18(4)16-20(25)6;1-6-11-23(12-7-2)15-19-9-8-10-20(22-19)21-17(4)13-16(3)14-18(21)5/h10-12,15-16,26-27H,7-9,13-14,17H2,1-6H3,(H,30,31);8-10,13-14H,6-7,11-12,15H2,1-5H3. The number of rotatable bonds is 20. The highest BCUT2D eigenvalue weighted by Gasteiger charge is 2.34. The molecule has 310 valence electrons. The second kappa shape index (κ2) is 23.7. The fourth-order valence-electron chi connectivity index (χ4n) is 7.87. The molecule has 1 N–H and O–H groups in total. The summed E-state index contributed by atoms with van der Waals surface area (Å²) in [4.78, 5) is 38.0. The third-order valence-corrected chi connectivity index (χ3v) is 9.76. The molecule has 0 aliphatic rings. The van der Waals surface area contributed by atoms with Crippen molar-refractivity contribution in [2.75, 3.05) is 32.8 Å². The average molecular weight is 781 g/mol. The van der Waals surface area contributed by atoms with Gasteiger partial charge in [-0.25, -0.2) is 0 Å². The summed E-state index contributed by atoms with van der Waals surface area (Å²) in [5.74, 6) is -2.06. The van der Waals surface area contributed by atoms with E-state index in [9.17, 15) is 9.59 Å². The summed E-state index contributed by atoms with van der Waals surface area (Å²) in [5, 5.41) is 9.03. The first-order chi connectivity index (χ1) is 27.3. The zero-order valence-corrected chi connectivity index (χ0v) is 36.6. The molecule has 0 saturated heterocycles. The predicted octanol–water partition coefficient (Wildman–Crippen LogP) is 10.5. The summed E-state index contributed by atoms with van der Waals surface area (Å²) >= 11 is 0. The Hall–Kier alpha value is -4.44. The average Bonchev–Trinajstić information content (AvgIpc) is 3.12. The van der Waals surface area contributed by atoms with Crippen LogP contribution in [0.25, 0.3) is 22.5 Å². The molecule has 9 heteroatoms. The maximum atomic E-state index is 12.3. The minimum absolute atomic E-state index is 0.309.